The zero-order chi connectivity index (χ0) is 21.3. The summed E-state index contributed by atoms with van der Waals surface area (Å²) in [4.78, 5) is 38.9. The molecule has 0 aromatic heterocycles. The Morgan fingerprint density at radius 1 is 1.29 bits per heavy atom. The van der Waals surface area contributed by atoms with Gasteiger partial charge in [-0.2, -0.15) is 4.79 Å². The first-order valence-electron chi connectivity index (χ1n) is 8.75. The van der Waals surface area contributed by atoms with Crippen molar-refractivity contribution in [2.75, 3.05) is 0 Å². The summed E-state index contributed by atoms with van der Waals surface area (Å²) in [6, 6.07) is 3.48. The van der Waals surface area contributed by atoms with E-state index in [1.165, 1.54) is 24.3 Å². The maximum Gasteiger partial charge on any atom is 0.329 e. The number of nitrogens with one attached hydrogen (secondary N) is 1. The van der Waals surface area contributed by atoms with Gasteiger partial charge in [0, 0.05) is 6.42 Å². The Labute approximate surface area is 162 Å². The van der Waals surface area contributed by atoms with E-state index in [9.17, 15) is 18.8 Å². The third-order valence-electron chi connectivity index (χ3n) is 3.59. The van der Waals surface area contributed by atoms with Gasteiger partial charge in [-0.25, -0.2) is 9.18 Å². The van der Waals surface area contributed by atoms with Gasteiger partial charge in [-0.1, -0.05) is 12.1 Å². The summed E-state index contributed by atoms with van der Waals surface area (Å²) >= 11 is 0. The molecule has 0 aliphatic carbocycles. The lowest BCUT2D eigenvalue weighted by molar-refractivity contribution is -0.159. The Morgan fingerprint density at radius 3 is 2.43 bits per heavy atom. The van der Waals surface area contributed by atoms with Crippen molar-refractivity contribution in [2.24, 2.45) is 5.73 Å². The number of carbonyl (C=O) groups is 3. The molecule has 9 heteroatoms. The smallest absolute Gasteiger partial charge is 0.329 e. The number of benzene rings is 1. The molecular formula is C19H25FN4O4. The number of nitrogens with zero attached hydrogens (tertiary/aromatic N) is 2. The Hall–Kier alpha value is -2.90. The lowest BCUT2D eigenvalue weighted by atomic mass is 10.0. The molecule has 0 heterocycles. The largest absolute Gasteiger partial charge is 0.458 e. The van der Waals surface area contributed by atoms with Crippen LogP contribution in [0.15, 0.2) is 24.3 Å². The van der Waals surface area contributed by atoms with Crippen LogP contribution in [0, 0.1) is 5.82 Å². The Bertz CT molecular complexity index is 752. The van der Waals surface area contributed by atoms with E-state index in [1.54, 1.807) is 20.8 Å². The van der Waals surface area contributed by atoms with Gasteiger partial charge in [0.15, 0.2) is 0 Å². The van der Waals surface area contributed by atoms with E-state index in [-0.39, 0.29) is 19.3 Å². The zero-order valence-electron chi connectivity index (χ0n) is 16.1. The molecule has 1 aromatic carbocycles. The minimum atomic E-state index is -1.10. The van der Waals surface area contributed by atoms with Crippen molar-refractivity contribution < 1.29 is 28.3 Å². The predicted octanol–water partition coefficient (Wildman–Crippen LogP) is 1.17. The minimum Gasteiger partial charge on any atom is -0.458 e. The van der Waals surface area contributed by atoms with Crippen LogP contribution in [0.2, 0.25) is 0 Å². The van der Waals surface area contributed by atoms with Gasteiger partial charge < -0.3 is 21.3 Å². The third kappa shape index (κ3) is 8.66. The lowest BCUT2D eigenvalue weighted by Crippen LogP contribution is -2.50. The fourth-order valence-electron chi connectivity index (χ4n) is 2.28. The van der Waals surface area contributed by atoms with E-state index >= 15 is 0 Å². The molecule has 0 unspecified atom stereocenters. The summed E-state index contributed by atoms with van der Waals surface area (Å²) in [7, 11) is 0. The van der Waals surface area contributed by atoms with E-state index in [1.807, 2.05) is 0 Å². The number of hydrogen-bond donors (Lipinski definition) is 2. The molecule has 0 saturated carbocycles. The van der Waals surface area contributed by atoms with E-state index in [0.29, 0.717) is 11.8 Å². The standard InChI is InChI=1S/C19H25FN4O4/c1-19(2,3)28-18(27)16(9-8-14(25)11-23-22)24-17(26)15(21)10-12-4-6-13(20)7-5-12/h4-7,11,15-16H,8-10,21H2,1-3H3,(H,24,26)/t15-,16-/m0/s1. The molecule has 152 valence electrons. The van der Waals surface area contributed by atoms with Crippen molar-refractivity contribution in [3.8, 4) is 0 Å². The molecule has 0 aliphatic heterocycles. The molecule has 1 aromatic rings. The monoisotopic (exact) mass is 392 g/mol. The van der Waals surface area contributed by atoms with Crippen LogP contribution in [0.1, 0.15) is 39.2 Å². The second-order valence-corrected chi connectivity index (χ2v) is 7.28. The number of hydrogen-bond acceptors (Lipinski definition) is 5. The van der Waals surface area contributed by atoms with Gasteiger partial charge in [0.05, 0.1) is 6.04 Å². The first-order chi connectivity index (χ1) is 13.0. The fraction of sp³-hybridized carbons (Fsp3) is 0.474. The summed E-state index contributed by atoms with van der Waals surface area (Å²) in [5, 5.41) is 2.50. The van der Waals surface area contributed by atoms with E-state index in [2.05, 4.69) is 10.1 Å². The average molecular weight is 392 g/mol. The molecule has 1 rings (SSSR count). The first kappa shape index (κ1) is 23.1. The normalized spacial score (nSPS) is 13.0. The van der Waals surface area contributed by atoms with Crippen molar-refractivity contribution in [2.45, 2.75) is 57.7 Å². The second kappa shape index (κ2) is 10.4. The van der Waals surface area contributed by atoms with Crippen LogP contribution in [0.4, 0.5) is 4.39 Å². The highest BCUT2D eigenvalue weighted by molar-refractivity contribution is 6.25. The Kier molecular flexibility index (Phi) is 8.63. The number of ether oxygens (including phenoxy) is 1. The van der Waals surface area contributed by atoms with Crippen molar-refractivity contribution in [3.63, 3.8) is 0 Å². The van der Waals surface area contributed by atoms with Gasteiger partial charge in [-0.05, 0) is 51.3 Å². The third-order valence-corrected chi connectivity index (χ3v) is 3.59. The van der Waals surface area contributed by atoms with Gasteiger partial charge in [0.1, 0.15) is 17.5 Å². The maximum absolute atomic E-state index is 13.0. The summed E-state index contributed by atoms with van der Waals surface area (Å²) in [6.45, 7) is 5.02. The molecule has 1 amide bonds. The average Bonchev–Trinajstić information content (AvgIpc) is 2.59. The van der Waals surface area contributed by atoms with E-state index < -0.39 is 41.2 Å². The Morgan fingerprint density at radius 2 is 1.89 bits per heavy atom. The highest BCUT2D eigenvalue weighted by Gasteiger charge is 2.29. The molecule has 3 N–H and O–H groups in total. The first-order valence-corrected chi connectivity index (χ1v) is 8.75. The number of esters is 1. The molecule has 28 heavy (non-hydrogen) atoms. The summed E-state index contributed by atoms with van der Waals surface area (Å²) < 4.78 is 18.2. The number of rotatable bonds is 9. The predicted molar refractivity (Wildman–Crippen MR) is 99.8 cm³/mol. The highest BCUT2D eigenvalue weighted by atomic mass is 19.1. The quantitative estimate of drug-likeness (QED) is 0.281. The molecule has 0 radical (unpaired) electrons. The van der Waals surface area contributed by atoms with Crippen molar-refractivity contribution in [3.05, 3.63) is 41.2 Å². The molecule has 0 aliphatic rings. The van der Waals surface area contributed by atoms with E-state index in [4.69, 9.17) is 16.0 Å². The van der Waals surface area contributed by atoms with Gasteiger partial charge >= 0.3 is 12.2 Å². The Balaban J connectivity index is 2.79. The summed E-state index contributed by atoms with van der Waals surface area (Å²) in [5.74, 6) is -2.23. The maximum atomic E-state index is 13.0. The van der Waals surface area contributed by atoms with Crippen LogP contribution in [0.5, 0.6) is 0 Å². The van der Waals surface area contributed by atoms with Crippen molar-refractivity contribution in [1.29, 1.82) is 0 Å². The molecule has 2 atom stereocenters. The number of nitrogens with two attached hydrogens (primary N) is 1. The number of halogens is 1. The minimum absolute atomic E-state index is 0.0469. The molecule has 0 fully saturated rings. The van der Waals surface area contributed by atoms with Crippen molar-refractivity contribution >= 4 is 23.9 Å². The van der Waals surface area contributed by atoms with Crippen LogP contribution in [-0.4, -0.2) is 46.3 Å². The molecule has 0 spiro atoms. The number of carbonyl (C=O) groups excluding carboxylic acids is 3. The van der Waals surface area contributed by atoms with Gasteiger partial charge in [0.2, 0.25) is 11.7 Å². The van der Waals surface area contributed by atoms with Crippen molar-refractivity contribution in [1.82, 2.24) is 5.32 Å². The fourth-order valence-corrected chi connectivity index (χ4v) is 2.28. The van der Waals surface area contributed by atoms with Crippen LogP contribution >= 0.6 is 0 Å². The molecule has 0 saturated heterocycles. The highest BCUT2D eigenvalue weighted by Crippen LogP contribution is 2.12. The summed E-state index contributed by atoms with van der Waals surface area (Å²) in [6.07, 6.45) is 0.674. The van der Waals surface area contributed by atoms with Gasteiger partial charge in [-0.3, -0.25) is 9.59 Å². The lowest BCUT2D eigenvalue weighted by Gasteiger charge is -2.25. The zero-order valence-corrected chi connectivity index (χ0v) is 16.1. The van der Waals surface area contributed by atoms with Crippen LogP contribution in [-0.2, 0) is 25.5 Å². The molecule has 8 nitrogen and oxygen atoms in total. The van der Waals surface area contributed by atoms with E-state index in [0.717, 1.165) is 0 Å². The molecular weight excluding hydrogens is 367 g/mol. The van der Waals surface area contributed by atoms with Crippen LogP contribution < -0.4 is 11.1 Å². The summed E-state index contributed by atoms with van der Waals surface area (Å²) in [5.41, 5.74) is 14.1. The molecule has 0 bridgehead atoms. The number of ketones is 1. The topological polar surface area (TPSA) is 135 Å². The number of amides is 1. The second-order valence-electron chi connectivity index (χ2n) is 7.28. The van der Waals surface area contributed by atoms with Crippen LogP contribution in [0.3, 0.4) is 0 Å². The van der Waals surface area contributed by atoms with Gasteiger partial charge in [-0.15, -0.1) is 0 Å². The van der Waals surface area contributed by atoms with Gasteiger partial charge in [0.25, 0.3) is 0 Å². The van der Waals surface area contributed by atoms with Crippen LogP contribution in [0.25, 0.3) is 5.53 Å². The number of Topliss-reactive ketones (excluding diaryl/α,β-unsaturated/α-hetero) is 1. The SMILES string of the molecule is CC(C)(C)OC(=O)[C@H](CCC(=O)C=[N+]=[N-])NC(=O)[C@@H](N)Cc1ccc(F)cc1.